The van der Waals surface area contributed by atoms with Gasteiger partial charge in [-0.15, -0.1) is 5.10 Å². The highest BCUT2D eigenvalue weighted by atomic mass is 16.5. The maximum atomic E-state index is 12.1. The quantitative estimate of drug-likeness (QED) is 0.905. The van der Waals surface area contributed by atoms with E-state index in [-0.39, 0.29) is 18.1 Å². The van der Waals surface area contributed by atoms with Gasteiger partial charge in [-0.1, -0.05) is 5.21 Å². The summed E-state index contributed by atoms with van der Waals surface area (Å²) < 4.78 is 7.34. The summed E-state index contributed by atoms with van der Waals surface area (Å²) in [6, 6.07) is 5.54. The number of aromatic nitrogens is 4. The smallest absolute Gasteiger partial charge is 0.273 e. The van der Waals surface area contributed by atoms with E-state index in [1.807, 2.05) is 6.07 Å². The summed E-state index contributed by atoms with van der Waals surface area (Å²) >= 11 is 0. The number of amides is 1. The minimum atomic E-state index is -0.193. The van der Waals surface area contributed by atoms with Gasteiger partial charge >= 0.3 is 0 Å². The number of nitriles is 1. The number of aryl methyl sites for hydroxylation is 1. The molecule has 8 heteroatoms. The van der Waals surface area contributed by atoms with Crippen LogP contribution >= 0.6 is 0 Å². The molecule has 0 atom stereocenters. The van der Waals surface area contributed by atoms with Crippen LogP contribution in [0.3, 0.4) is 0 Å². The third kappa shape index (κ3) is 3.87. The van der Waals surface area contributed by atoms with Crippen molar-refractivity contribution in [3.8, 4) is 11.9 Å². The zero-order chi connectivity index (χ0) is 16.9. The molecule has 3 rings (SSSR count). The van der Waals surface area contributed by atoms with Crippen molar-refractivity contribution in [2.75, 3.05) is 0 Å². The molecule has 8 nitrogen and oxygen atoms in total. The first kappa shape index (κ1) is 15.9. The van der Waals surface area contributed by atoms with Gasteiger partial charge in [0.2, 0.25) is 5.88 Å². The second-order valence-electron chi connectivity index (χ2n) is 5.84. The van der Waals surface area contributed by atoms with Crippen LogP contribution in [0.2, 0.25) is 0 Å². The molecule has 2 aromatic heterocycles. The number of pyridine rings is 1. The second-order valence-corrected chi connectivity index (χ2v) is 5.84. The largest absolute Gasteiger partial charge is 0.474 e. The van der Waals surface area contributed by atoms with E-state index in [9.17, 15) is 4.79 Å². The van der Waals surface area contributed by atoms with Crippen LogP contribution in [0.4, 0.5) is 0 Å². The van der Waals surface area contributed by atoms with Crippen molar-refractivity contribution in [2.45, 2.75) is 37.8 Å². The lowest BCUT2D eigenvalue weighted by molar-refractivity contribution is 0.0885. The molecule has 2 aromatic rings. The highest BCUT2D eigenvalue weighted by Crippen LogP contribution is 2.23. The van der Waals surface area contributed by atoms with E-state index in [2.05, 4.69) is 20.6 Å². The Morgan fingerprint density at radius 3 is 2.75 bits per heavy atom. The van der Waals surface area contributed by atoms with E-state index in [1.54, 1.807) is 25.4 Å². The topological polar surface area (TPSA) is 106 Å². The second kappa shape index (κ2) is 7.08. The van der Waals surface area contributed by atoms with Crippen LogP contribution in [0, 0.1) is 11.3 Å². The molecule has 124 valence electrons. The Hall–Kier alpha value is -2.95. The number of ether oxygens (including phenoxy) is 1. The average molecular weight is 326 g/mol. The van der Waals surface area contributed by atoms with Gasteiger partial charge in [0, 0.05) is 25.4 Å². The predicted octanol–water partition coefficient (Wildman–Crippen LogP) is 1.20. The predicted molar refractivity (Wildman–Crippen MR) is 84.1 cm³/mol. The molecule has 0 unspecified atom stereocenters. The van der Waals surface area contributed by atoms with Crippen molar-refractivity contribution >= 4 is 5.91 Å². The first-order valence-corrected chi connectivity index (χ1v) is 7.84. The third-order valence-corrected chi connectivity index (χ3v) is 4.00. The summed E-state index contributed by atoms with van der Waals surface area (Å²) in [6.45, 7) is 0. The molecule has 0 aliphatic heterocycles. The van der Waals surface area contributed by atoms with Crippen LogP contribution < -0.4 is 10.1 Å². The molecule has 1 aliphatic carbocycles. The molecular weight excluding hydrogens is 308 g/mol. The maximum absolute atomic E-state index is 12.1. The molecule has 0 radical (unpaired) electrons. The molecule has 0 bridgehead atoms. The van der Waals surface area contributed by atoms with Gasteiger partial charge in [0.15, 0.2) is 5.69 Å². The molecule has 24 heavy (non-hydrogen) atoms. The third-order valence-electron chi connectivity index (χ3n) is 4.00. The van der Waals surface area contributed by atoms with Crippen LogP contribution in [0.25, 0.3) is 0 Å². The number of rotatable bonds is 4. The minimum absolute atomic E-state index is 0.0788. The molecule has 0 aromatic carbocycles. The fourth-order valence-corrected chi connectivity index (χ4v) is 2.72. The van der Waals surface area contributed by atoms with Gasteiger partial charge < -0.3 is 10.1 Å². The van der Waals surface area contributed by atoms with E-state index in [0.29, 0.717) is 17.1 Å². The Labute approximate surface area is 139 Å². The Kier molecular flexibility index (Phi) is 4.70. The Morgan fingerprint density at radius 2 is 2.17 bits per heavy atom. The van der Waals surface area contributed by atoms with Gasteiger partial charge in [0.25, 0.3) is 5.91 Å². The Balaban J connectivity index is 1.47. The van der Waals surface area contributed by atoms with Crippen molar-refractivity contribution in [2.24, 2.45) is 7.05 Å². The van der Waals surface area contributed by atoms with E-state index in [1.165, 1.54) is 10.9 Å². The minimum Gasteiger partial charge on any atom is -0.474 e. The lowest BCUT2D eigenvalue weighted by Gasteiger charge is -2.28. The van der Waals surface area contributed by atoms with Crippen molar-refractivity contribution in [1.82, 2.24) is 25.3 Å². The number of nitrogens with zero attached hydrogens (tertiary/aromatic N) is 5. The maximum Gasteiger partial charge on any atom is 0.273 e. The van der Waals surface area contributed by atoms with Gasteiger partial charge in [-0.2, -0.15) is 5.26 Å². The molecule has 1 saturated carbocycles. The Morgan fingerprint density at radius 1 is 1.38 bits per heavy atom. The van der Waals surface area contributed by atoms with Crippen LogP contribution in [-0.4, -0.2) is 38.0 Å². The van der Waals surface area contributed by atoms with E-state index in [4.69, 9.17) is 10.00 Å². The van der Waals surface area contributed by atoms with Crippen molar-refractivity contribution < 1.29 is 9.53 Å². The highest BCUT2D eigenvalue weighted by Gasteiger charge is 2.24. The normalized spacial score (nSPS) is 20.2. The lowest BCUT2D eigenvalue weighted by atomic mass is 9.93. The molecule has 0 spiro atoms. The summed E-state index contributed by atoms with van der Waals surface area (Å²) in [7, 11) is 1.73. The summed E-state index contributed by atoms with van der Waals surface area (Å²) in [6.07, 6.45) is 6.54. The first-order chi connectivity index (χ1) is 11.6. The van der Waals surface area contributed by atoms with Crippen LogP contribution in [-0.2, 0) is 7.05 Å². The van der Waals surface area contributed by atoms with Crippen molar-refractivity contribution in [3.05, 3.63) is 35.8 Å². The van der Waals surface area contributed by atoms with Crippen LogP contribution in [0.5, 0.6) is 5.88 Å². The molecule has 0 saturated heterocycles. The molecule has 1 fully saturated rings. The first-order valence-electron chi connectivity index (χ1n) is 7.84. The summed E-state index contributed by atoms with van der Waals surface area (Å²) in [5.41, 5.74) is 0.843. The van der Waals surface area contributed by atoms with Gasteiger partial charge in [-0.3, -0.25) is 9.48 Å². The molecular formula is C16H18N6O2. The SMILES string of the molecule is Cn1cc(C(=O)NC2CCC(Oc3ccc(C#N)cn3)CC2)nn1. The highest BCUT2D eigenvalue weighted by molar-refractivity contribution is 5.92. The molecule has 1 aliphatic rings. The molecule has 1 amide bonds. The van der Waals surface area contributed by atoms with E-state index >= 15 is 0 Å². The lowest BCUT2D eigenvalue weighted by Crippen LogP contribution is -2.39. The zero-order valence-electron chi connectivity index (χ0n) is 13.3. The summed E-state index contributed by atoms with van der Waals surface area (Å²) in [5.74, 6) is 0.335. The number of nitrogens with one attached hydrogen (secondary N) is 1. The number of hydrogen-bond acceptors (Lipinski definition) is 6. The van der Waals surface area contributed by atoms with Crippen LogP contribution in [0.15, 0.2) is 24.5 Å². The van der Waals surface area contributed by atoms with Gasteiger partial charge in [-0.25, -0.2) is 4.98 Å². The van der Waals surface area contributed by atoms with E-state index < -0.39 is 0 Å². The average Bonchev–Trinajstić information content (AvgIpc) is 3.04. The standard InChI is InChI=1S/C16H18N6O2/c1-22-10-14(20-21-22)16(23)19-12-3-5-13(6-4-12)24-15-7-2-11(8-17)9-18-15/h2,7,9-10,12-13H,3-6H2,1H3,(H,19,23). The van der Waals surface area contributed by atoms with Gasteiger partial charge in [-0.05, 0) is 31.7 Å². The van der Waals surface area contributed by atoms with Crippen LogP contribution in [0.1, 0.15) is 41.7 Å². The zero-order valence-corrected chi connectivity index (χ0v) is 13.3. The van der Waals surface area contributed by atoms with Gasteiger partial charge in [0.05, 0.1) is 11.8 Å². The summed E-state index contributed by atoms with van der Waals surface area (Å²) in [4.78, 5) is 16.2. The number of hydrogen-bond donors (Lipinski definition) is 1. The van der Waals surface area contributed by atoms with Gasteiger partial charge in [0.1, 0.15) is 12.2 Å². The number of carbonyl (C=O) groups excluding carboxylic acids is 1. The molecule has 1 N–H and O–H groups in total. The fraction of sp³-hybridized carbons (Fsp3) is 0.438. The van der Waals surface area contributed by atoms with Crippen molar-refractivity contribution in [3.63, 3.8) is 0 Å². The summed E-state index contributed by atoms with van der Waals surface area (Å²) in [5, 5.41) is 19.3. The fourth-order valence-electron chi connectivity index (χ4n) is 2.72. The monoisotopic (exact) mass is 326 g/mol. The Bertz CT molecular complexity index is 741. The number of carbonyl (C=O) groups is 1. The van der Waals surface area contributed by atoms with Crippen molar-refractivity contribution in [1.29, 1.82) is 5.26 Å². The van der Waals surface area contributed by atoms with E-state index in [0.717, 1.165) is 25.7 Å². The molecule has 2 heterocycles.